The van der Waals surface area contributed by atoms with Crippen LogP contribution >= 0.6 is 0 Å². The van der Waals surface area contributed by atoms with Gasteiger partial charge in [0, 0.05) is 50.0 Å². The molecule has 1 aromatic carbocycles. The number of pyridine rings is 1. The van der Waals surface area contributed by atoms with Crippen molar-refractivity contribution in [2.24, 2.45) is 0 Å². The summed E-state index contributed by atoms with van der Waals surface area (Å²) >= 11 is 0. The first kappa shape index (κ1) is 16.0. The Hall–Kier alpha value is -2.50. The van der Waals surface area contributed by atoms with Crippen LogP contribution in [0.4, 0.5) is 0 Å². The van der Waals surface area contributed by atoms with E-state index in [1.165, 1.54) is 5.56 Å². The lowest BCUT2D eigenvalue weighted by molar-refractivity contribution is -0.0340. The Morgan fingerprint density at radius 3 is 2.80 bits per heavy atom. The number of morpholine rings is 1. The van der Waals surface area contributed by atoms with Gasteiger partial charge in [0.25, 0.3) is 0 Å². The zero-order valence-corrected chi connectivity index (χ0v) is 14.2. The summed E-state index contributed by atoms with van der Waals surface area (Å²) in [6.45, 7) is 4.21. The van der Waals surface area contributed by atoms with Crippen LogP contribution in [0.5, 0.6) is 0 Å². The molecule has 5 heteroatoms. The van der Waals surface area contributed by atoms with E-state index in [0.29, 0.717) is 0 Å². The Labute approximate surface area is 147 Å². The van der Waals surface area contributed by atoms with Crippen molar-refractivity contribution >= 4 is 0 Å². The molecule has 3 heterocycles. The Morgan fingerprint density at radius 2 is 1.96 bits per heavy atom. The molecule has 0 bridgehead atoms. The van der Waals surface area contributed by atoms with Crippen LogP contribution in [-0.2, 0) is 17.8 Å². The fourth-order valence-corrected chi connectivity index (χ4v) is 3.23. The van der Waals surface area contributed by atoms with E-state index < -0.39 is 0 Å². The molecule has 128 valence electrons. The number of aromatic nitrogens is 3. The topological polar surface area (TPSA) is 43.2 Å². The van der Waals surface area contributed by atoms with E-state index in [2.05, 4.69) is 56.0 Å². The highest BCUT2D eigenvalue weighted by atomic mass is 16.5. The van der Waals surface area contributed by atoms with Gasteiger partial charge in [-0.25, -0.2) is 4.98 Å². The van der Waals surface area contributed by atoms with Crippen molar-refractivity contribution in [3.8, 4) is 0 Å². The minimum Gasteiger partial charge on any atom is -0.371 e. The minimum absolute atomic E-state index is 0.0833. The first-order valence-electron chi connectivity index (χ1n) is 8.66. The third kappa shape index (κ3) is 3.95. The molecule has 1 fully saturated rings. The van der Waals surface area contributed by atoms with Gasteiger partial charge in [-0.3, -0.25) is 9.88 Å². The quantitative estimate of drug-likeness (QED) is 0.720. The lowest BCUT2D eigenvalue weighted by Gasteiger charge is -2.32. The number of hydrogen-bond acceptors (Lipinski definition) is 4. The average molecular weight is 334 g/mol. The van der Waals surface area contributed by atoms with Crippen LogP contribution in [0, 0.1) is 0 Å². The molecule has 0 spiro atoms. The van der Waals surface area contributed by atoms with E-state index >= 15 is 0 Å². The van der Waals surface area contributed by atoms with E-state index in [1.807, 2.05) is 24.5 Å². The van der Waals surface area contributed by atoms with Gasteiger partial charge >= 0.3 is 0 Å². The molecule has 25 heavy (non-hydrogen) atoms. The number of imidazole rings is 1. The fraction of sp³-hybridized carbons (Fsp3) is 0.300. The lowest BCUT2D eigenvalue weighted by atomic mass is 10.1. The third-order valence-electron chi connectivity index (χ3n) is 4.57. The normalized spacial score (nSPS) is 18.3. The van der Waals surface area contributed by atoms with E-state index in [0.717, 1.165) is 44.2 Å². The molecule has 1 atom stereocenters. The molecule has 0 aliphatic carbocycles. The molecule has 1 unspecified atom stereocenters. The second kappa shape index (κ2) is 7.59. The van der Waals surface area contributed by atoms with Crippen molar-refractivity contribution < 1.29 is 4.74 Å². The summed E-state index contributed by atoms with van der Waals surface area (Å²) in [6, 6.07) is 14.5. The molecule has 1 aliphatic rings. The smallest absolute Gasteiger partial charge is 0.123 e. The molecular formula is C20H22N4O. The van der Waals surface area contributed by atoms with Crippen LogP contribution in [0.25, 0.3) is 0 Å². The summed E-state index contributed by atoms with van der Waals surface area (Å²) in [7, 11) is 0. The number of ether oxygens (including phenoxy) is 1. The second-order valence-corrected chi connectivity index (χ2v) is 6.34. The summed E-state index contributed by atoms with van der Waals surface area (Å²) < 4.78 is 8.16. The number of benzene rings is 1. The lowest BCUT2D eigenvalue weighted by Crippen LogP contribution is -2.38. The first-order valence-corrected chi connectivity index (χ1v) is 8.66. The van der Waals surface area contributed by atoms with Crippen molar-refractivity contribution in [3.05, 3.63) is 84.2 Å². The third-order valence-corrected chi connectivity index (χ3v) is 4.57. The number of hydrogen-bond donors (Lipinski definition) is 0. The van der Waals surface area contributed by atoms with Gasteiger partial charge in [0.1, 0.15) is 5.82 Å². The predicted octanol–water partition coefficient (Wildman–Crippen LogP) is 2.90. The molecule has 0 radical (unpaired) electrons. The fourth-order valence-electron chi connectivity index (χ4n) is 3.23. The monoisotopic (exact) mass is 334 g/mol. The van der Waals surface area contributed by atoms with Crippen molar-refractivity contribution in [1.29, 1.82) is 0 Å². The van der Waals surface area contributed by atoms with Crippen molar-refractivity contribution in [2.45, 2.75) is 19.2 Å². The summed E-state index contributed by atoms with van der Waals surface area (Å²) in [4.78, 5) is 11.2. The zero-order chi connectivity index (χ0) is 16.9. The molecule has 3 aromatic rings. The maximum atomic E-state index is 5.93. The van der Waals surface area contributed by atoms with Gasteiger partial charge in [0.2, 0.25) is 0 Å². The highest BCUT2D eigenvalue weighted by molar-refractivity contribution is 5.16. The zero-order valence-electron chi connectivity index (χ0n) is 14.2. The maximum Gasteiger partial charge on any atom is 0.123 e. The van der Waals surface area contributed by atoms with E-state index in [4.69, 9.17) is 4.74 Å². The molecule has 1 aliphatic heterocycles. The number of nitrogens with zero attached hydrogens (tertiary/aromatic N) is 4. The SMILES string of the molecule is c1ccc(Cn2ccnc2CN2CCOC(c3cccnc3)C2)cc1. The van der Waals surface area contributed by atoms with E-state index in [1.54, 1.807) is 6.20 Å². The molecule has 0 saturated carbocycles. The molecule has 2 aromatic heterocycles. The van der Waals surface area contributed by atoms with Crippen LogP contribution in [0.3, 0.4) is 0 Å². The highest BCUT2D eigenvalue weighted by Gasteiger charge is 2.23. The van der Waals surface area contributed by atoms with Gasteiger partial charge in [0.15, 0.2) is 0 Å². The predicted molar refractivity (Wildman–Crippen MR) is 96.0 cm³/mol. The van der Waals surface area contributed by atoms with Gasteiger partial charge in [-0.15, -0.1) is 0 Å². The summed E-state index contributed by atoms with van der Waals surface area (Å²) in [5, 5.41) is 0. The Bertz CT molecular complexity index is 788. The second-order valence-electron chi connectivity index (χ2n) is 6.34. The van der Waals surface area contributed by atoms with E-state index in [9.17, 15) is 0 Å². The largest absolute Gasteiger partial charge is 0.371 e. The standard InChI is InChI=1S/C20H22N4O/c1-2-5-17(6-3-1)14-24-10-9-22-20(24)16-23-11-12-25-19(15-23)18-7-4-8-21-13-18/h1-10,13,19H,11-12,14-16H2. The van der Waals surface area contributed by atoms with Crippen LogP contribution in [0.15, 0.2) is 67.3 Å². The molecule has 0 amide bonds. The van der Waals surface area contributed by atoms with Crippen molar-refractivity contribution in [2.75, 3.05) is 19.7 Å². The summed E-state index contributed by atoms with van der Waals surface area (Å²) in [5.41, 5.74) is 2.43. The van der Waals surface area contributed by atoms with Gasteiger partial charge in [-0.1, -0.05) is 36.4 Å². The molecule has 0 N–H and O–H groups in total. The summed E-state index contributed by atoms with van der Waals surface area (Å²) in [5.74, 6) is 1.09. The highest BCUT2D eigenvalue weighted by Crippen LogP contribution is 2.22. The van der Waals surface area contributed by atoms with E-state index in [-0.39, 0.29) is 6.10 Å². The number of rotatable bonds is 5. The van der Waals surface area contributed by atoms with Crippen LogP contribution in [0.2, 0.25) is 0 Å². The Balaban J connectivity index is 1.43. The molecule has 4 rings (SSSR count). The van der Waals surface area contributed by atoms with Crippen molar-refractivity contribution in [3.63, 3.8) is 0 Å². The molecular weight excluding hydrogens is 312 g/mol. The van der Waals surface area contributed by atoms with Gasteiger partial charge < -0.3 is 9.30 Å². The Morgan fingerprint density at radius 1 is 1.04 bits per heavy atom. The minimum atomic E-state index is 0.0833. The van der Waals surface area contributed by atoms with Gasteiger partial charge in [0.05, 0.1) is 19.3 Å². The molecule has 1 saturated heterocycles. The van der Waals surface area contributed by atoms with Gasteiger partial charge in [-0.05, 0) is 11.6 Å². The van der Waals surface area contributed by atoms with Crippen molar-refractivity contribution in [1.82, 2.24) is 19.4 Å². The van der Waals surface area contributed by atoms with Crippen LogP contribution in [-0.4, -0.2) is 39.1 Å². The van der Waals surface area contributed by atoms with Gasteiger partial charge in [-0.2, -0.15) is 0 Å². The first-order chi connectivity index (χ1) is 12.4. The van der Waals surface area contributed by atoms with Crippen LogP contribution < -0.4 is 0 Å². The Kier molecular flexibility index (Phi) is 4.86. The average Bonchev–Trinajstić information content (AvgIpc) is 3.10. The van der Waals surface area contributed by atoms with Crippen LogP contribution in [0.1, 0.15) is 23.1 Å². The maximum absolute atomic E-state index is 5.93. The summed E-state index contributed by atoms with van der Waals surface area (Å²) in [6.07, 6.45) is 7.72. The molecule has 5 nitrogen and oxygen atoms in total.